The lowest BCUT2D eigenvalue weighted by Gasteiger charge is -2.15. The Bertz CT molecular complexity index is 638. The number of rotatable bonds is 5. The van der Waals surface area contributed by atoms with Gasteiger partial charge in [0.15, 0.2) is 0 Å². The van der Waals surface area contributed by atoms with Gasteiger partial charge in [-0.05, 0) is 36.2 Å². The fourth-order valence-corrected chi connectivity index (χ4v) is 5.47. The van der Waals surface area contributed by atoms with Gasteiger partial charge in [-0.3, -0.25) is 0 Å². The quantitative estimate of drug-likeness (QED) is 0.645. The van der Waals surface area contributed by atoms with E-state index in [1.807, 2.05) is 28.7 Å². The maximum absolute atomic E-state index is 6.02. The zero-order valence-electron chi connectivity index (χ0n) is 10.5. The van der Waals surface area contributed by atoms with Crippen molar-refractivity contribution in [1.82, 2.24) is 5.32 Å². The number of halogens is 1. The Morgan fingerprint density at radius 1 is 1.21 bits per heavy atom. The fraction of sp³-hybridized carbons (Fsp3) is 0.286. The first-order valence-electron chi connectivity index (χ1n) is 6.21. The maximum atomic E-state index is 6.02. The van der Waals surface area contributed by atoms with Crippen LogP contribution < -0.4 is 5.32 Å². The van der Waals surface area contributed by atoms with Gasteiger partial charge < -0.3 is 5.32 Å². The highest BCUT2D eigenvalue weighted by Crippen LogP contribution is 2.35. The van der Waals surface area contributed by atoms with Crippen LogP contribution in [-0.2, 0) is 6.42 Å². The van der Waals surface area contributed by atoms with Crippen LogP contribution in [0.25, 0.3) is 9.40 Å². The lowest BCUT2D eigenvalue weighted by Crippen LogP contribution is -2.21. The number of hydrogen-bond acceptors (Lipinski definition) is 4. The summed E-state index contributed by atoms with van der Waals surface area (Å²) in [5.41, 5.74) is 0. The first-order valence-corrected chi connectivity index (χ1v) is 9.10. The van der Waals surface area contributed by atoms with Gasteiger partial charge in [0.2, 0.25) is 0 Å². The molecule has 0 spiro atoms. The topological polar surface area (TPSA) is 12.0 Å². The molecule has 0 fully saturated rings. The summed E-state index contributed by atoms with van der Waals surface area (Å²) in [6, 6.07) is 9.04. The minimum atomic E-state index is 0.393. The molecule has 1 nitrogen and oxygen atoms in total. The summed E-state index contributed by atoms with van der Waals surface area (Å²) in [4.78, 5) is 2.76. The van der Waals surface area contributed by atoms with E-state index in [-0.39, 0.29) is 0 Å². The Labute approximate surface area is 129 Å². The average molecular weight is 328 g/mol. The van der Waals surface area contributed by atoms with E-state index in [2.05, 4.69) is 35.8 Å². The molecule has 3 heterocycles. The first-order chi connectivity index (χ1) is 9.26. The Morgan fingerprint density at radius 2 is 2.11 bits per heavy atom. The number of likely N-dealkylation sites (N-methyl/N-ethyl adjacent to an activating group) is 1. The summed E-state index contributed by atoms with van der Waals surface area (Å²) in [7, 11) is 0. The van der Waals surface area contributed by atoms with Crippen molar-refractivity contribution in [3.8, 4) is 0 Å². The molecule has 0 saturated carbocycles. The molecule has 0 aliphatic rings. The molecule has 3 rings (SSSR count). The molecule has 0 saturated heterocycles. The predicted molar refractivity (Wildman–Crippen MR) is 89.2 cm³/mol. The smallest absolute Gasteiger partial charge is 0.0931 e. The highest BCUT2D eigenvalue weighted by molar-refractivity contribution is 7.27. The molecular weight excluding hydrogens is 314 g/mol. The fourth-order valence-electron chi connectivity index (χ4n) is 2.14. The van der Waals surface area contributed by atoms with Gasteiger partial charge in [0.05, 0.1) is 4.34 Å². The average Bonchev–Trinajstić information content (AvgIpc) is 3.03. The largest absolute Gasteiger partial charge is 0.309 e. The van der Waals surface area contributed by atoms with Gasteiger partial charge in [-0.15, -0.1) is 34.0 Å². The molecule has 3 aromatic rings. The van der Waals surface area contributed by atoms with Gasteiger partial charge in [-0.25, -0.2) is 0 Å². The van der Waals surface area contributed by atoms with E-state index in [0.717, 1.165) is 17.3 Å². The van der Waals surface area contributed by atoms with Gasteiger partial charge in [-0.1, -0.05) is 18.5 Å². The van der Waals surface area contributed by atoms with Crippen molar-refractivity contribution in [2.24, 2.45) is 0 Å². The van der Waals surface area contributed by atoms with E-state index in [9.17, 15) is 0 Å². The molecule has 0 bridgehead atoms. The van der Waals surface area contributed by atoms with Crippen LogP contribution in [0.5, 0.6) is 0 Å². The van der Waals surface area contributed by atoms with E-state index < -0.39 is 0 Å². The Morgan fingerprint density at radius 3 is 2.79 bits per heavy atom. The highest BCUT2D eigenvalue weighted by atomic mass is 35.5. The number of hydrogen-bond donors (Lipinski definition) is 1. The molecule has 1 N–H and O–H groups in total. The Kier molecular flexibility index (Phi) is 4.24. The van der Waals surface area contributed by atoms with Gasteiger partial charge >= 0.3 is 0 Å². The second-order valence-corrected chi connectivity index (χ2v) is 8.18. The van der Waals surface area contributed by atoms with Crippen LogP contribution in [0, 0.1) is 0 Å². The van der Waals surface area contributed by atoms with Gasteiger partial charge in [0.1, 0.15) is 0 Å². The molecule has 5 heteroatoms. The summed E-state index contributed by atoms with van der Waals surface area (Å²) in [5.74, 6) is 0. The minimum Gasteiger partial charge on any atom is -0.309 e. The number of thiophene rings is 3. The van der Waals surface area contributed by atoms with Gasteiger partial charge in [0, 0.05) is 31.6 Å². The van der Waals surface area contributed by atoms with Crippen LogP contribution in [0.2, 0.25) is 4.34 Å². The van der Waals surface area contributed by atoms with Crippen molar-refractivity contribution in [3.05, 3.63) is 43.7 Å². The summed E-state index contributed by atoms with van der Waals surface area (Å²) < 4.78 is 3.66. The second kappa shape index (κ2) is 5.94. The van der Waals surface area contributed by atoms with Crippen LogP contribution in [0.1, 0.15) is 22.7 Å². The molecule has 3 aromatic heterocycles. The SMILES string of the molecule is CCNC(Cc1ccc(Cl)s1)c1cc2sccc2s1. The van der Waals surface area contributed by atoms with Crippen molar-refractivity contribution in [2.45, 2.75) is 19.4 Å². The van der Waals surface area contributed by atoms with Crippen molar-refractivity contribution in [3.63, 3.8) is 0 Å². The zero-order chi connectivity index (χ0) is 13.2. The number of nitrogens with one attached hydrogen (secondary N) is 1. The third-order valence-electron chi connectivity index (χ3n) is 2.99. The molecule has 0 aliphatic carbocycles. The third-order valence-corrected chi connectivity index (χ3v) is 6.45. The van der Waals surface area contributed by atoms with E-state index in [0.29, 0.717) is 6.04 Å². The van der Waals surface area contributed by atoms with E-state index >= 15 is 0 Å². The van der Waals surface area contributed by atoms with Crippen LogP contribution in [0.15, 0.2) is 29.6 Å². The summed E-state index contributed by atoms with van der Waals surface area (Å²) in [6.07, 6.45) is 1.01. The van der Waals surface area contributed by atoms with Crippen molar-refractivity contribution >= 4 is 55.0 Å². The van der Waals surface area contributed by atoms with E-state index in [1.54, 1.807) is 11.3 Å². The standard InChI is InChI=1S/C14H14ClNS3/c1-2-16-10(7-9-3-4-14(15)18-9)12-8-13-11(19-12)5-6-17-13/h3-6,8,10,16H,2,7H2,1H3. The van der Waals surface area contributed by atoms with E-state index in [4.69, 9.17) is 11.6 Å². The second-order valence-electron chi connectivity index (χ2n) is 4.32. The molecule has 0 aromatic carbocycles. The number of fused-ring (bicyclic) bond motifs is 1. The molecule has 19 heavy (non-hydrogen) atoms. The normalized spacial score (nSPS) is 13.2. The van der Waals surface area contributed by atoms with Crippen LogP contribution in [-0.4, -0.2) is 6.54 Å². The molecule has 100 valence electrons. The zero-order valence-corrected chi connectivity index (χ0v) is 13.7. The monoisotopic (exact) mass is 327 g/mol. The summed E-state index contributed by atoms with van der Waals surface area (Å²) in [6.45, 7) is 3.14. The minimum absolute atomic E-state index is 0.393. The lowest BCUT2D eigenvalue weighted by atomic mass is 10.1. The lowest BCUT2D eigenvalue weighted by molar-refractivity contribution is 0.562. The van der Waals surface area contributed by atoms with Crippen molar-refractivity contribution in [1.29, 1.82) is 0 Å². The molecule has 1 unspecified atom stereocenters. The summed E-state index contributed by atoms with van der Waals surface area (Å²) >= 11 is 11.4. The molecule has 0 radical (unpaired) electrons. The van der Waals surface area contributed by atoms with Crippen LogP contribution in [0.3, 0.4) is 0 Å². The van der Waals surface area contributed by atoms with Crippen LogP contribution in [0.4, 0.5) is 0 Å². The van der Waals surface area contributed by atoms with Crippen molar-refractivity contribution < 1.29 is 0 Å². The van der Waals surface area contributed by atoms with E-state index in [1.165, 1.54) is 19.2 Å². The van der Waals surface area contributed by atoms with Gasteiger partial charge in [-0.2, -0.15) is 0 Å². The Balaban J connectivity index is 1.85. The highest BCUT2D eigenvalue weighted by Gasteiger charge is 2.15. The molecular formula is C14H14ClNS3. The predicted octanol–water partition coefficient (Wildman–Crippen LogP) is 5.57. The summed E-state index contributed by atoms with van der Waals surface area (Å²) in [5, 5.41) is 5.75. The van der Waals surface area contributed by atoms with Crippen molar-refractivity contribution in [2.75, 3.05) is 6.54 Å². The Hall–Kier alpha value is -0.390. The molecule has 0 amide bonds. The molecule has 0 aliphatic heterocycles. The first kappa shape index (κ1) is 13.6. The maximum Gasteiger partial charge on any atom is 0.0931 e. The third kappa shape index (κ3) is 3.03. The van der Waals surface area contributed by atoms with Gasteiger partial charge in [0.25, 0.3) is 0 Å². The molecule has 1 atom stereocenters. The van der Waals surface area contributed by atoms with Crippen LogP contribution >= 0.6 is 45.6 Å².